The normalized spacial score (nSPS) is 18.5. The number of piperidine rings is 1. The summed E-state index contributed by atoms with van der Waals surface area (Å²) in [5, 5.41) is 0.835. The molecule has 0 saturated carbocycles. The van der Waals surface area contributed by atoms with Crippen molar-refractivity contribution in [3.63, 3.8) is 0 Å². The lowest BCUT2D eigenvalue weighted by atomic mass is 9.89. The molecule has 2 aromatic heterocycles. The Labute approximate surface area is 250 Å². The van der Waals surface area contributed by atoms with Gasteiger partial charge in [0, 0.05) is 48.7 Å². The Kier molecular flexibility index (Phi) is 7.36. The molecule has 4 aromatic rings. The molecule has 224 valence electrons. The highest BCUT2D eigenvalue weighted by atomic mass is 16.6. The fourth-order valence-corrected chi connectivity index (χ4v) is 5.73. The number of fused-ring (bicyclic) bond motifs is 2. The Bertz CT molecular complexity index is 1700. The quantitative estimate of drug-likeness (QED) is 0.250. The number of carbonyl (C=O) groups excluding carboxylic acids is 1. The summed E-state index contributed by atoms with van der Waals surface area (Å²) < 4.78 is 23.6. The molecule has 2 aliphatic rings. The SMILES string of the molecule is CC(C)(C)OC(=O)N1CCC(c2ccc(-c3cc(O[C@H]4Cc5cc6ccc(=O)oc6cc5OC4(C)C)ncn3)cc2)CC1. The smallest absolute Gasteiger partial charge is 0.410 e. The second-order valence-electron chi connectivity index (χ2n) is 12.9. The number of hydrogen-bond donors (Lipinski definition) is 0. The molecule has 43 heavy (non-hydrogen) atoms. The van der Waals surface area contributed by atoms with Crippen molar-refractivity contribution in [1.29, 1.82) is 0 Å². The van der Waals surface area contributed by atoms with Gasteiger partial charge in [-0.05, 0) is 76.6 Å². The van der Waals surface area contributed by atoms with Gasteiger partial charge in [-0.1, -0.05) is 24.3 Å². The highest BCUT2D eigenvalue weighted by molar-refractivity contribution is 5.79. The third-order valence-electron chi connectivity index (χ3n) is 8.09. The molecule has 0 N–H and O–H groups in total. The van der Waals surface area contributed by atoms with Crippen LogP contribution in [0.25, 0.3) is 22.2 Å². The first-order valence-electron chi connectivity index (χ1n) is 14.8. The summed E-state index contributed by atoms with van der Waals surface area (Å²) in [6.07, 6.45) is 3.39. The zero-order valence-electron chi connectivity index (χ0n) is 25.3. The lowest BCUT2D eigenvalue weighted by Gasteiger charge is -2.39. The standard InChI is InChI=1S/C34H37N3O6/c1-33(2,3)43-32(39)37-14-12-22(13-15-37)21-6-8-23(9-7-21)26-18-30(36-20-35-26)41-29-17-25-16-24-10-11-31(38)40-27(24)19-28(25)42-34(29,4)5/h6-11,16,18-20,22,29H,12-15,17H2,1-5H3/t29-/m0/s1. The van der Waals surface area contributed by atoms with Crippen molar-refractivity contribution in [2.45, 2.75) is 77.1 Å². The fraction of sp³-hybridized carbons (Fsp3) is 0.412. The molecule has 0 spiro atoms. The molecule has 0 aliphatic carbocycles. The maximum atomic E-state index is 12.4. The summed E-state index contributed by atoms with van der Waals surface area (Å²) in [6.45, 7) is 11.0. The van der Waals surface area contributed by atoms with Crippen LogP contribution in [0.15, 0.2) is 70.1 Å². The zero-order chi connectivity index (χ0) is 30.4. The minimum atomic E-state index is -0.651. The van der Waals surface area contributed by atoms with Gasteiger partial charge in [0.25, 0.3) is 0 Å². The zero-order valence-corrected chi connectivity index (χ0v) is 25.3. The average Bonchev–Trinajstić information content (AvgIpc) is 2.96. The van der Waals surface area contributed by atoms with Crippen LogP contribution in [0.2, 0.25) is 0 Å². The molecular weight excluding hydrogens is 546 g/mol. The van der Waals surface area contributed by atoms with Crippen LogP contribution in [0.5, 0.6) is 11.6 Å². The predicted molar refractivity (Wildman–Crippen MR) is 163 cm³/mol. The van der Waals surface area contributed by atoms with E-state index in [9.17, 15) is 9.59 Å². The first-order chi connectivity index (χ1) is 20.4. The van der Waals surface area contributed by atoms with Gasteiger partial charge in [0.05, 0.1) is 5.69 Å². The van der Waals surface area contributed by atoms with E-state index in [-0.39, 0.29) is 12.2 Å². The Morgan fingerprint density at radius 2 is 1.74 bits per heavy atom. The first-order valence-corrected chi connectivity index (χ1v) is 14.8. The van der Waals surface area contributed by atoms with Gasteiger partial charge in [0.1, 0.15) is 35.0 Å². The Morgan fingerprint density at radius 1 is 1.00 bits per heavy atom. The highest BCUT2D eigenvalue weighted by Gasteiger charge is 2.39. The molecule has 1 fully saturated rings. The van der Waals surface area contributed by atoms with Crippen molar-refractivity contribution in [1.82, 2.24) is 14.9 Å². The van der Waals surface area contributed by atoms with E-state index < -0.39 is 16.8 Å². The number of aromatic nitrogens is 2. The van der Waals surface area contributed by atoms with Crippen LogP contribution in [0.4, 0.5) is 4.79 Å². The van der Waals surface area contributed by atoms with E-state index in [1.54, 1.807) is 17.0 Å². The van der Waals surface area contributed by atoms with Crippen molar-refractivity contribution in [2.24, 2.45) is 0 Å². The minimum Gasteiger partial charge on any atom is -0.484 e. The van der Waals surface area contributed by atoms with Crippen molar-refractivity contribution < 1.29 is 23.4 Å². The van der Waals surface area contributed by atoms with Crippen molar-refractivity contribution in [3.8, 4) is 22.9 Å². The molecule has 6 rings (SSSR count). The largest absolute Gasteiger partial charge is 0.484 e. The van der Waals surface area contributed by atoms with Gasteiger partial charge >= 0.3 is 11.7 Å². The van der Waals surface area contributed by atoms with Crippen molar-refractivity contribution in [2.75, 3.05) is 13.1 Å². The van der Waals surface area contributed by atoms with E-state index in [1.807, 2.05) is 46.8 Å². The summed E-state index contributed by atoms with van der Waals surface area (Å²) in [7, 11) is 0. The van der Waals surface area contributed by atoms with Gasteiger partial charge in [-0.15, -0.1) is 0 Å². The number of nitrogens with zero attached hydrogens (tertiary/aromatic N) is 3. The molecule has 2 aliphatic heterocycles. The van der Waals surface area contributed by atoms with E-state index in [1.165, 1.54) is 18.0 Å². The molecule has 0 radical (unpaired) electrons. The van der Waals surface area contributed by atoms with Gasteiger partial charge in [0.15, 0.2) is 0 Å². The minimum absolute atomic E-state index is 0.237. The number of carbonyl (C=O) groups is 1. The monoisotopic (exact) mass is 583 g/mol. The molecule has 9 heteroatoms. The second-order valence-corrected chi connectivity index (χ2v) is 12.9. The molecule has 0 bridgehead atoms. The van der Waals surface area contributed by atoms with E-state index in [4.69, 9.17) is 18.6 Å². The summed E-state index contributed by atoms with van der Waals surface area (Å²) in [6, 6.07) is 17.2. The number of rotatable bonds is 4. The van der Waals surface area contributed by atoms with Crippen LogP contribution >= 0.6 is 0 Å². The average molecular weight is 584 g/mol. The molecule has 0 unspecified atom stereocenters. The van der Waals surface area contributed by atoms with Gasteiger partial charge in [0.2, 0.25) is 5.88 Å². The van der Waals surface area contributed by atoms with Gasteiger partial charge in [-0.2, -0.15) is 0 Å². The molecular formula is C34H37N3O6. The Hall–Kier alpha value is -4.40. The van der Waals surface area contributed by atoms with E-state index >= 15 is 0 Å². The van der Waals surface area contributed by atoms with Gasteiger partial charge in [-0.3, -0.25) is 0 Å². The van der Waals surface area contributed by atoms with Gasteiger partial charge < -0.3 is 23.5 Å². The molecule has 9 nitrogen and oxygen atoms in total. The van der Waals surface area contributed by atoms with Crippen molar-refractivity contribution >= 4 is 17.1 Å². The Morgan fingerprint density at radius 3 is 2.47 bits per heavy atom. The predicted octanol–water partition coefficient (Wildman–Crippen LogP) is 6.53. The number of amides is 1. The maximum Gasteiger partial charge on any atom is 0.410 e. The molecule has 4 heterocycles. The summed E-state index contributed by atoms with van der Waals surface area (Å²) in [4.78, 5) is 34.8. The van der Waals surface area contributed by atoms with Crippen LogP contribution in [-0.2, 0) is 11.2 Å². The van der Waals surface area contributed by atoms with E-state index in [0.29, 0.717) is 42.6 Å². The summed E-state index contributed by atoms with van der Waals surface area (Å²) in [5.41, 5.74) is 2.95. The third kappa shape index (κ3) is 6.35. The lowest BCUT2D eigenvalue weighted by molar-refractivity contribution is -0.0287. The van der Waals surface area contributed by atoms with E-state index in [0.717, 1.165) is 35.0 Å². The number of hydrogen-bond acceptors (Lipinski definition) is 8. The van der Waals surface area contributed by atoms with Crippen LogP contribution in [0.3, 0.4) is 0 Å². The van der Waals surface area contributed by atoms with Crippen LogP contribution in [0.1, 0.15) is 64.5 Å². The number of benzene rings is 2. The maximum absolute atomic E-state index is 12.4. The highest BCUT2D eigenvalue weighted by Crippen LogP contribution is 2.38. The molecule has 1 saturated heterocycles. The van der Waals surface area contributed by atoms with E-state index in [2.05, 4.69) is 34.2 Å². The molecule has 1 atom stereocenters. The van der Waals surface area contributed by atoms with Crippen LogP contribution < -0.4 is 15.1 Å². The fourth-order valence-electron chi connectivity index (χ4n) is 5.73. The lowest BCUT2D eigenvalue weighted by Crippen LogP contribution is -2.49. The Balaban J connectivity index is 1.12. The van der Waals surface area contributed by atoms with Crippen LogP contribution in [0, 0.1) is 0 Å². The number of likely N-dealkylation sites (tertiary alicyclic amines) is 1. The second kappa shape index (κ2) is 11.0. The first kappa shape index (κ1) is 28.7. The van der Waals surface area contributed by atoms with Crippen LogP contribution in [-0.4, -0.2) is 51.4 Å². The third-order valence-corrected chi connectivity index (χ3v) is 8.09. The summed E-state index contributed by atoms with van der Waals surface area (Å²) >= 11 is 0. The molecule has 1 amide bonds. The topological polar surface area (TPSA) is 104 Å². The molecule has 2 aromatic carbocycles. The van der Waals surface area contributed by atoms with Gasteiger partial charge in [-0.25, -0.2) is 19.6 Å². The van der Waals surface area contributed by atoms with Crippen molar-refractivity contribution in [3.05, 3.63) is 82.5 Å². The number of ether oxygens (including phenoxy) is 3. The summed E-state index contributed by atoms with van der Waals surface area (Å²) in [5.74, 6) is 1.55.